The standard InChI is InChI=1S/C21H26FN3O4/c1-28-16-7-5-15(6-8-16)20(26)24-18-4-2-3-17(22)19(18)21(27)23-9-10-25-11-13-29-14-12-25/h2-8,20,24,26H,9-14H2,1H3,(H,23,27). The zero-order valence-electron chi connectivity index (χ0n) is 16.4. The highest BCUT2D eigenvalue weighted by atomic mass is 19.1. The quantitative estimate of drug-likeness (QED) is 0.585. The van der Waals surface area contributed by atoms with Crippen LogP contribution in [-0.4, -0.2) is 62.4 Å². The average molecular weight is 403 g/mol. The van der Waals surface area contributed by atoms with Crippen molar-refractivity contribution in [2.75, 3.05) is 51.8 Å². The first-order chi connectivity index (χ1) is 14.1. The van der Waals surface area contributed by atoms with Gasteiger partial charge in [0.2, 0.25) is 0 Å². The van der Waals surface area contributed by atoms with Crippen LogP contribution in [0.2, 0.25) is 0 Å². The molecular formula is C21H26FN3O4. The largest absolute Gasteiger partial charge is 0.497 e. The molecule has 0 aliphatic carbocycles. The van der Waals surface area contributed by atoms with E-state index in [1.807, 2.05) is 0 Å². The average Bonchev–Trinajstić information content (AvgIpc) is 2.74. The van der Waals surface area contributed by atoms with Gasteiger partial charge in [-0.2, -0.15) is 0 Å². The van der Waals surface area contributed by atoms with Gasteiger partial charge in [0, 0.05) is 31.7 Å². The summed E-state index contributed by atoms with van der Waals surface area (Å²) in [5.74, 6) is -0.520. The van der Waals surface area contributed by atoms with Crippen LogP contribution >= 0.6 is 0 Å². The van der Waals surface area contributed by atoms with Crippen molar-refractivity contribution in [1.29, 1.82) is 0 Å². The number of hydrogen-bond acceptors (Lipinski definition) is 6. The van der Waals surface area contributed by atoms with Gasteiger partial charge in [0.1, 0.15) is 11.6 Å². The highest BCUT2D eigenvalue weighted by Crippen LogP contribution is 2.24. The first-order valence-electron chi connectivity index (χ1n) is 9.54. The Kier molecular flexibility index (Phi) is 7.40. The molecule has 1 fully saturated rings. The van der Waals surface area contributed by atoms with Crippen LogP contribution in [-0.2, 0) is 4.74 Å². The van der Waals surface area contributed by atoms with Crippen molar-refractivity contribution in [1.82, 2.24) is 10.2 Å². The number of benzene rings is 2. The minimum Gasteiger partial charge on any atom is -0.497 e. The number of morpholine rings is 1. The minimum atomic E-state index is -1.11. The lowest BCUT2D eigenvalue weighted by Crippen LogP contribution is -2.41. The van der Waals surface area contributed by atoms with E-state index in [0.717, 1.165) is 13.1 Å². The number of anilines is 1. The molecule has 0 spiro atoms. The van der Waals surface area contributed by atoms with Crippen molar-refractivity contribution >= 4 is 11.6 Å². The lowest BCUT2D eigenvalue weighted by atomic mass is 10.1. The summed E-state index contributed by atoms with van der Waals surface area (Å²) >= 11 is 0. The predicted octanol–water partition coefficient (Wildman–Crippen LogP) is 2.00. The van der Waals surface area contributed by atoms with Crippen LogP contribution in [0.4, 0.5) is 10.1 Å². The van der Waals surface area contributed by atoms with Crippen molar-refractivity contribution in [2.24, 2.45) is 0 Å². The fourth-order valence-electron chi connectivity index (χ4n) is 3.13. The lowest BCUT2D eigenvalue weighted by molar-refractivity contribution is 0.0383. The van der Waals surface area contributed by atoms with E-state index in [-0.39, 0.29) is 11.3 Å². The monoisotopic (exact) mass is 403 g/mol. The lowest BCUT2D eigenvalue weighted by Gasteiger charge is -2.26. The van der Waals surface area contributed by atoms with Crippen molar-refractivity contribution in [2.45, 2.75) is 6.23 Å². The molecule has 3 N–H and O–H groups in total. The molecule has 2 aromatic carbocycles. The van der Waals surface area contributed by atoms with Crippen molar-refractivity contribution in [3.8, 4) is 5.75 Å². The molecule has 1 heterocycles. The zero-order chi connectivity index (χ0) is 20.6. The van der Waals surface area contributed by atoms with E-state index in [2.05, 4.69) is 15.5 Å². The molecule has 1 amide bonds. The fourth-order valence-corrected chi connectivity index (χ4v) is 3.13. The Balaban J connectivity index is 1.64. The normalized spacial score (nSPS) is 15.6. The van der Waals surface area contributed by atoms with E-state index in [0.29, 0.717) is 37.6 Å². The number of methoxy groups -OCH3 is 1. The molecule has 2 aromatic rings. The Morgan fingerprint density at radius 2 is 1.97 bits per heavy atom. The number of amides is 1. The van der Waals surface area contributed by atoms with Crippen molar-refractivity contribution in [3.05, 3.63) is 59.4 Å². The van der Waals surface area contributed by atoms with Crippen LogP contribution in [0.1, 0.15) is 22.1 Å². The third kappa shape index (κ3) is 5.66. The van der Waals surface area contributed by atoms with E-state index >= 15 is 0 Å². The SMILES string of the molecule is COc1ccc(C(O)Nc2cccc(F)c2C(=O)NCCN2CCOCC2)cc1. The summed E-state index contributed by atoms with van der Waals surface area (Å²) in [6.07, 6.45) is -1.11. The first kappa shape index (κ1) is 21.0. The van der Waals surface area contributed by atoms with E-state index in [9.17, 15) is 14.3 Å². The molecule has 3 rings (SSSR count). The number of rotatable bonds is 8. The highest BCUT2D eigenvalue weighted by molar-refractivity contribution is 5.99. The van der Waals surface area contributed by atoms with Crippen LogP contribution in [0, 0.1) is 5.82 Å². The molecule has 8 heteroatoms. The molecule has 0 aromatic heterocycles. The van der Waals surface area contributed by atoms with Gasteiger partial charge >= 0.3 is 0 Å². The van der Waals surface area contributed by atoms with E-state index in [1.165, 1.54) is 12.1 Å². The Morgan fingerprint density at radius 3 is 2.66 bits per heavy atom. The summed E-state index contributed by atoms with van der Waals surface area (Å²) in [4.78, 5) is 14.8. The smallest absolute Gasteiger partial charge is 0.256 e. The number of carbonyl (C=O) groups is 1. The van der Waals surface area contributed by atoms with E-state index < -0.39 is 18.0 Å². The summed E-state index contributed by atoms with van der Waals surface area (Å²) in [7, 11) is 1.56. The molecule has 0 bridgehead atoms. The number of nitrogens with zero attached hydrogens (tertiary/aromatic N) is 1. The zero-order valence-corrected chi connectivity index (χ0v) is 16.4. The molecule has 1 unspecified atom stereocenters. The number of hydrogen-bond donors (Lipinski definition) is 3. The third-order valence-electron chi connectivity index (χ3n) is 4.78. The fraction of sp³-hybridized carbons (Fsp3) is 0.381. The number of aliphatic hydroxyl groups is 1. The minimum absolute atomic E-state index is 0.123. The van der Waals surface area contributed by atoms with Gasteiger partial charge < -0.3 is 25.2 Å². The topological polar surface area (TPSA) is 83.1 Å². The maximum atomic E-state index is 14.4. The van der Waals surface area contributed by atoms with E-state index in [1.54, 1.807) is 37.4 Å². The summed E-state index contributed by atoms with van der Waals surface area (Å²) in [5, 5.41) is 16.0. The number of halogens is 1. The van der Waals surface area contributed by atoms with Gasteiger partial charge in [0.25, 0.3) is 5.91 Å². The molecule has 1 saturated heterocycles. The molecule has 1 aliphatic heterocycles. The Hall–Kier alpha value is -2.68. The molecule has 29 heavy (non-hydrogen) atoms. The summed E-state index contributed by atoms with van der Waals surface area (Å²) in [6, 6.07) is 11.1. The third-order valence-corrected chi connectivity index (χ3v) is 4.78. The van der Waals surface area contributed by atoms with Crippen LogP contribution in [0.5, 0.6) is 5.75 Å². The Bertz CT molecular complexity index is 810. The number of nitrogens with one attached hydrogen (secondary N) is 2. The predicted molar refractivity (Wildman–Crippen MR) is 108 cm³/mol. The van der Waals surface area contributed by atoms with Crippen molar-refractivity contribution in [3.63, 3.8) is 0 Å². The molecular weight excluding hydrogens is 377 g/mol. The molecule has 0 saturated carbocycles. The molecule has 0 radical (unpaired) electrons. The molecule has 1 aliphatic rings. The number of aliphatic hydroxyl groups excluding tert-OH is 1. The molecule has 156 valence electrons. The van der Waals surface area contributed by atoms with Crippen molar-refractivity contribution < 1.29 is 23.8 Å². The van der Waals surface area contributed by atoms with Gasteiger partial charge in [0.15, 0.2) is 6.23 Å². The second-order valence-electron chi connectivity index (χ2n) is 6.69. The van der Waals surface area contributed by atoms with Gasteiger partial charge in [-0.25, -0.2) is 4.39 Å². The number of ether oxygens (including phenoxy) is 2. The second kappa shape index (κ2) is 10.2. The molecule has 7 nitrogen and oxygen atoms in total. The maximum absolute atomic E-state index is 14.4. The maximum Gasteiger partial charge on any atom is 0.256 e. The summed E-state index contributed by atoms with van der Waals surface area (Å²) < 4.78 is 24.8. The summed E-state index contributed by atoms with van der Waals surface area (Å²) in [5.41, 5.74) is 0.660. The van der Waals surface area contributed by atoms with Crippen LogP contribution in [0.15, 0.2) is 42.5 Å². The van der Waals surface area contributed by atoms with Gasteiger partial charge in [-0.3, -0.25) is 9.69 Å². The van der Waals surface area contributed by atoms with Gasteiger partial charge in [-0.15, -0.1) is 0 Å². The Labute approximate surface area is 169 Å². The summed E-state index contributed by atoms with van der Waals surface area (Å²) in [6.45, 7) is 4.05. The van der Waals surface area contributed by atoms with Crippen LogP contribution in [0.3, 0.4) is 0 Å². The highest BCUT2D eigenvalue weighted by Gasteiger charge is 2.19. The Morgan fingerprint density at radius 1 is 1.24 bits per heavy atom. The van der Waals surface area contributed by atoms with Gasteiger partial charge in [0.05, 0.1) is 31.6 Å². The van der Waals surface area contributed by atoms with Crippen LogP contribution < -0.4 is 15.4 Å². The van der Waals surface area contributed by atoms with Gasteiger partial charge in [-0.1, -0.05) is 18.2 Å². The van der Waals surface area contributed by atoms with Crippen LogP contribution in [0.25, 0.3) is 0 Å². The van der Waals surface area contributed by atoms with E-state index in [4.69, 9.17) is 9.47 Å². The molecule has 1 atom stereocenters. The van der Waals surface area contributed by atoms with Gasteiger partial charge in [-0.05, 0) is 24.3 Å². The first-order valence-corrected chi connectivity index (χ1v) is 9.54. The number of carbonyl (C=O) groups excluding carboxylic acids is 1. The second-order valence-corrected chi connectivity index (χ2v) is 6.69.